The molecule has 0 radical (unpaired) electrons. The van der Waals surface area contributed by atoms with Crippen LogP contribution in [0.15, 0.2) is 84.3 Å². The molecule has 1 heterocycles. The third-order valence-electron chi connectivity index (χ3n) is 4.32. The van der Waals surface area contributed by atoms with E-state index < -0.39 is 0 Å². The lowest BCUT2D eigenvalue weighted by atomic mass is 10.1. The molecule has 3 nitrogen and oxygen atoms in total. The molecule has 0 saturated carbocycles. The summed E-state index contributed by atoms with van der Waals surface area (Å²) in [5, 5.41) is 7.15. The lowest BCUT2D eigenvalue weighted by Gasteiger charge is -2.03. The van der Waals surface area contributed by atoms with Crippen molar-refractivity contribution >= 4 is 52.2 Å². The molecule has 0 aliphatic rings. The van der Waals surface area contributed by atoms with Crippen molar-refractivity contribution in [2.45, 2.75) is 0 Å². The minimum Gasteiger partial charge on any atom is -0.323 e. The predicted molar refractivity (Wildman–Crippen MR) is 127 cm³/mol. The molecule has 148 valence electrons. The van der Waals surface area contributed by atoms with E-state index in [1.807, 2.05) is 66.0 Å². The van der Waals surface area contributed by atoms with Crippen molar-refractivity contribution in [3.63, 3.8) is 0 Å². The first-order valence-electron chi connectivity index (χ1n) is 9.13. The molecule has 1 N–H and O–H groups in total. The minimum absolute atomic E-state index is 0.207. The number of aromatic nitrogens is 1. The first kappa shape index (κ1) is 20.4. The third kappa shape index (κ3) is 5.16. The number of benzene rings is 3. The van der Waals surface area contributed by atoms with E-state index in [9.17, 15) is 4.79 Å². The number of thiazole rings is 1. The number of hydrogen-bond donors (Lipinski definition) is 1. The highest BCUT2D eigenvalue weighted by atomic mass is 35.5. The zero-order valence-electron chi connectivity index (χ0n) is 15.7. The van der Waals surface area contributed by atoms with Gasteiger partial charge in [0.2, 0.25) is 5.91 Å². The van der Waals surface area contributed by atoms with E-state index in [0.717, 1.165) is 27.4 Å². The van der Waals surface area contributed by atoms with Crippen molar-refractivity contribution in [2.75, 3.05) is 5.32 Å². The van der Waals surface area contributed by atoms with Gasteiger partial charge in [0.15, 0.2) is 0 Å². The van der Waals surface area contributed by atoms with Gasteiger partial charge >= 0.3 is 0 Å². The lowest BCUT2D eigenvalue weighted by molar-refractivity contribution is -0.111. The van der Waals surface area contributed by atoms with Crippen LogP contribution in [-0.2, 0) is 4.79 Å². The summed E-state index contributed by atoms with van der Waals surface area (Å²) in [6.45, 7) is 0. The Hall–Kier alpha value is -2.92. The molecule has 0 unspecified atom stereocenters. The number of anilines is 1. The van der Waals surface area contributed by atoms with E-state index in [4.69, 9.17) is 28.2 Å². The monoisotopic (exact) mass is 450 g/mol. The topological polar surface area (TPSA) is 42.0 Å². The number of amides is 1. The number of hydrogen-bond acceptors (Lipinski definition) is 3. The van der Waals surface area contributed by atoms with Gasteiger partial charge in [-0.25, -0.2) is 4.98 Å². The Bertz CT molecular complexity index is 1200. The van der Waals surface area contributed by atoms with E-state index in [1.165, 1.54) is 6.08 Å². The molecule has 0 atom stereocenters. The van der Waals surface area contributed by atoms with Gasteiger partial charge in [0.25, 0.3) is 0 Å². The summed E-state index contributed by atoms with van der Waals surface area (Å²) in [5.74, 6) is -0.207. The van der Waals surface area contributed by atoms with Crippen LogP contribution in [0.3, 0.4) is 0 Å². The van der Waals surface area contributed by atoms with Crippen LogP contribution in [0.5, 0.6) is 0 Å². The summed E-state index contributed by atoms with van der Waals surface area (Å²) < 4.78 is 0. The fourth-order valence-corrected chi connectivity index (χ4v) is 3.98. The molecule has 30 heavy (non-hydrogen) atoms. The number of carbonyl (C=O) groups is 1. The standard InChI is InChI=1S/C24H16Cl2N2OS/c25-19-9-5-18(6-10-19)24-28-22(15-30-24)17-7-11-21(12-8-17)27-23(29)13-4-16-2-1-3-20(26)14-16/h1-15H,(H,27,29)/b13-4+. The Morgan fingerprint density at radius 1 is 0.900 bits per heavy atom. The van der Waals surface area contributed by atoms with Crippen molar-refractivity contribution in [1.29, 1.82) is 0 Å². The van der Waals surface area contributed by atoms with Crippen LogP contribution < -0.4 is 5.32 Å². The van der Waals surface area contributed by atoms with Crippen LogP contribution >= 0.6 is 34.5 Å². The van der Waals surface area contributed by atoms with Crippen LogP contribution in [0.25, 0.3) is 27.9 Å². The zero-order valence-corrected chi connectivity index (χ0v) is 18.0. The quantitative estimate of drug-likeness (QED) is 0.321. The summed E-state index contributed by atoms with van der Waals surface area (Å²) in [6.07, 6.45) is 3.21. The molecular weight excluding hydrogens is 435 g/mol. The molecule has 3 aromatic carbocycles. The Morgan fingerprint density at radius 2 is 1.63 bits per heavy atom. The fraction of sp³-hybridized carbons (Fsp3) is 0. The normalized spacial score (nSPS) is 11.0. The average molecular weight is 451 g/mol. The average Bonchev–Trinajstić information content (AvgIpc) is 3.24. The minimum atomic E-state index is -0.207. The van der Waals surface area contributed by atoms with E-state index in [1.54, 1.807) is 29.5 Å². The Morgan fingerprint density at radius 3 is 2.37 bits per heavy atom. The molecule has 1 amide bonds. The maximum Gasteiger partial charge on any atom is 0.248 e. The summed E-state index contributed by atoms with van der Waals surface area (Å²) in [5.41, 5.74) is 4.49. The molecule has 0 aliphatic heterocycles. The molecule has 1 aromatic heterocycles. The smallest absolute Gasteiger partial charge is 0.248 e. The molecule has 6 heteroatoms. The van der Waals surface area contributed by atoms with E-state index in [-0.39, 0.29) is 5.91 Å². The first-order valence-corrected chi connectivity index (χ1v) is 10.8. The zero-order chi connectivity index (χ0) is 20.9. The van der Waals surface area contributed by atoms with E-state index in [0.29, 0.717) is 15.7 Å². The van der Waals surface area contributed by atoms with Crippen molar-refractivity contribution in [2.24, 2.45) is 0 Å². The van der Waals surface area contributed by atoms with Crippen molar-refractivity contribution in [3.05, 3.63) is 99.9 Å². The second-order valence-electron chi connectivity index (χ2n) is 6.50. The predicted octanol–water partition coefficient (Wildman–Crippen LogP) is 7.44. The Kier molecular flexibility index (Phi) is 6.29. The highest BCUT2D eigenvalue weighted by Gasteiger charge is 2.07. The molecule has 0 aliphatic carbocycles. The SMILES string of the molecule is O=C(/C=C/c1cccc(Cl)c1)Nc1ccc(-c2csc(-c3ccc(Cl)cc3)n2)cc1. The largest absolute Gasteiger partial charge is 0.323 e. The maximum atomic E-state index is 12.2. The van der Waals surface area contributed by atoms with Crippen LogP contribution in [0.2, 0.25) is 10.0 Å². The van der Waals surface area contributed by atoms with Crippen LogP contribution in [0.4, 0.5) is 5.69 Å². The number of nitrogens with one attached hydrogen (secondary N) is 1. The van der Waals surface area contributed by atoms with E-state index in [2.05, 4.69) is 5.32 Å². The molecule has 4 aromatic rings. The molecule has 0 saturated heterocycles. The number of halogens is 2. The summed E-state index contributed by atoms with van der Waals surface area (Å²) in [4.78, 5) is 16.9. The highest BCUT2D eigenvalue weighted by Crippen LogP contribution is 2.30. The van der Waals surface area contributed by atoms with Gasteiger partial charge in [-0.2, -0.15) is 0 Å². The number of nitrogens with zero attached hydrogens (tertiary/aromatic N) is 1. The molecule has 4 rings (SSSR count). The molecule has 0 spiro atoms. The molecular formula is C24H16Cl2N2OS. The van der Waals surface area contributed by atoms with Crippen LogP contribution in [0.1, 0.15) is 5.56 Å². The number of carbonyl (C=O) groups excluding carboxylic acids is 1. The summed E-state index contributed by atoms with van der Waals surface area (Å²) in [7, 11) is 0. The van der Waals surface area contributed by atoms with Gasteiger partial charge in [-0.15, -0.1) is 11.3 Å². The Balaban J connectivity index is 1.42. The van der Waals surface area contributed by atoms with Gasteiger partial charge in [-0.05, 0) is 48.0 Å². The van der Waals surface area contributed by atoms with Gasteiger partial charge < -0.3 is 5.32 Å². The van der Waals surface area contributed by atoms with Crippen molar-refractivity contribution < 1.29 is 4.79 Å². The Labute approximate surface area is 188 Å². The molecule has 0 fully saturated rings. The third-order valence-corrected chi connectivity index (χ3v) is 5.70. The van der Waals surface area contributed by atoms with Gasteiger partial charge in [-0.1, -0.05) is 59.6 Å². The van der Waals surface area contributed by atoms with Gasteiger partial charge in [0, 0.05) is 38.3 Å². The van der Waals surface area contributed by atoms with Gasteiger partial charge in [0.1, 0.15) is 5.01 Å². The van der Waals surface area contributed by atoms with E-state index >= 15 is 0 Å². The van der Waals surface area contributed by atoms with Crippen LogP contribution in [-0.4, -0.2) is 10.9 Å². The fourth-order valence-electron chi connectivity index (χ4n) is 2.82. The second-order valence-corrected chi connectivity index (χ2v) is 8.23. The first-order chi connectivity index (χ1) is 14.6. The number of rotatable bonds is 5. The lowest BCUT2D eigenvalue weighted by Crippen LogP contribution is -2.07. The molecule has 0 bridgehead atoms. The summed E-state index contributed by atoms with van der Waals surface area (Å²) >= 11 is 13.5. The second kappa shape index (κ2) is 9.26. The summed E-state index contributed by atoms with van der Waals surface area (Å²) in [6, 6.07) is 22.6. The van der Waals surface area contributed by atoms with Gasteiger partial charge in [0.05, 0.1) is 5.69 Å². The van der Waals surface area contributed by atoms with Crippen LogP contribution in [0, 0.1) is 0 Å². The van der Waals surface area contributed by atoms with Crippen molar-refractivity contribution in [3.8, 4) is 21.8 Å². The maximum absolute atomic E-state index is 12.2. The highest BCUT2D eigenvalue weighted by molar-refractivity contribution is 7.13. The van der Waals surface area contributed by atoms with Gasteiger partial charge in [-0.3, -0.25) is 4.79 Å². The van der Waals surface area contributed by atoms with Crippen molar-refractivity contribution in [1.82, 2.24) is 4.98 Å².